The number of carbonyl (C=O) groups is 1. The Balaban J connectivity index is 1.72. The zero-order valence-electron chi connectivity index (χ0n) is 26.1. The van der Waals surface area contributed by atoms with Crippen LogP contribution in [0.3, 0.4) is 0 Å². The van der Waals surface area contributed by atoms with Gasteiger partial charge in [0.15, 0.2) is 5.78 Å². The van der Waals surface area contributed by atoms with Gasteiger partial charge in [0.05, 0.1) is 42.4 Å². The number of ether oxygens (including phenoxy) is 2. The van der Waals surface area contributed by atoms with Crippen LogP contribution in [0.5, 0.6) is 11.5 Å². The van der Waals surface area contributed by atoms with Gasteiger partial charge in [-0.2, -0.15) is 5.26 Å². The third-order valence-electron chi connectivity index (χ3n) is 9.78. The first kappa shape index (κ1) is 32.6. The minimum absolute atomic E-state index is 0.0786. The predicted octanol–water partition coefficient (Wildman–Crippen LogP) is 8.58. The van der Waals surface area contributed by atoms with Crippen molar-refractivity contribution in [3.8, 4) is 17.6 Å². The van der Waals surface area contributed by atoms with E-state index in [1.165, 1.54) is 0 Å². The van der Waals surface area contributed by atoms with E-state index in [1.807, 2.05) is 109 Å². The van der Waals surface area contributed by atoms with Gasteiger partial charge < -0.3 is 14.6 Å². The summed E-state index contributed by atoms with van der Waals surface area (Å²) in [6, 6.07) is 36.0. The second kappa shape index (κ2) is 13.4. The molecule has 4 aromatic carbocycles. The number of benzene rings is 4. The summed E-state index contributed by atoms with van der Waals surface area (Å²) in [7, 11) is 3.19. The van der Waals surface area contributed by atoms with Crippen molar-refractivity contribution in [2.24, 2.45) is 11.3 Å². The second-order valence-corrected chi connectivity index (χ2v) is 13.1. The summed E-state index contributed by atoms with van der Waals surface area (Å²) < 4.78 is 11.0. The molecule has 0 aromatic heterocycles. The molecule has 238 valence electrons. The molecule has 7 heteroatoms. The van der Waals surface area contributed by atoms with Gasteiger partial charge in [-0.15, -0.1) is 23.2 Å². The van der Waals surface area contributed by atoms with Crippen molar-refractivity contribution in [3.05, 3.63) is 155 Å². The van der Waals surface area contributed by atoms with Crippen molar-refractivity contribution in [3.63, 3.8) is 0 Å². The lowest BCUT2D eigenvalue weighted by Gasteiger charge is -2.56. The molecule has 4 aromatic rings. The van der Waals surface area contributed by atoms with Crippen LogP contribution in [-0.4, -0.2) is 35.9 Å². The molecule has 7 atom stereocenters. The first-order chi connectivity index (χ1) is 22.8. The van der Waals surface area contributed by atoms with Crippen LogP contribution in [-0.2, 0) is 5.60 Å². The van der Waals surface area contributed by atoms with Crippen LogP contribution in [0.1, 0.15) is 45.3 Å². The molecule has 7 unspecified atom stereocenters. The van der Waals surface area contributed by atoms with Crippen LogP contribution < -0.4 is 9.47 Å². The molecule has 0 bridgehead atoms. The van der Waals surface area contributed by atoms with E-state index >= 15 is 4.79 Å². The standard InChI is InChI=1S/C40H35Cl2NO4/c1-46-31-18-13-26(14-19-31)33-24-40(45,29-11-7-4-8-12-29)37(38(44)28-9-5-3-6-10-28)36(27-15-20-32(47-2)21-16-27)39(33,25-43)30-17-22-34(41)35(42)23-30/h3-23,33-37,45H,24H2,1-2H3. The number of aliphatic hydroxyl groups is 1. The van der Waals surface area contributed by atoms with Crippen molar-refractivity contribution < 1.29 is 19.4 Å². The highest BCUT2D eigenvalue weighted by Crippen LogP contribution is 2.66. The number of carbonyl (C=O) groups excluding carboxylic acids is 1. The molecule has 0 saturated heterocycles. The van der Waals surface area contributed by atoms with Gasteiger partial charge in [-0.3, -0.25) is 4.79 Å². The van der Waals surface area contributed by atoms with E-state index in [4.69, 9.17) is 32.7 Å². The van der Waals surface area contributed by atoms with Gasteiger partial charge >= 0.3 is 0 Å². The fourth-order valence-electron chi connectivity index (χ4n) is 7.50. The Hall–Kier alpha value is -4.34. The lowest BCUT2D eigenvalue weighted by Crippen LogP contribution is -2.56. The highest BCUT2D eigenvalue weighted by Gasteiger charge is 2.65. The van der Waals surface area contributed by atoms with Gasteiger partial charge in [-0.05, 0) is 52.9 Å². The second-order valence-electron chi connectivity index (χ2n) is 12.1. The molecule has 6 rings (SSSR count). The zero-order chi connectivity index (χ0) is 33.2. The predicted molar refractivity (Wildman–Crippen MR) is 185 cm³/mol. The monoisotopic (exact) mass is 663 g/mol. The van der Waals surface area contributed by atoms with Crippen molar-refractivity contribution in [2.45, 2.75) is 34.6 Å². The Labute approximate surface area is 285 Å². The van der Waals surface area contributed by atoms with E-state index in [0.29, 0.717) is 33.8 Å². The Kier molecular flexibility index (Phi) is 9.30. The number of allylic oxidation sites excluding steroid dienone is 4. The molecule has 2 aliphatic rings. The number of ketones is 1. The molecule has 0 aliphatic heterocycles. The van der Waals surface area contributed by atoms with Crippen LogP contribution in [0, 0.1) is 22.7 Å². The number of Topliss-reactive ketones (excluding diaryl/α,β-unsaturated/α-hetero) is 1. The quantitative estimate of drug-likeness (QED) is 0.151. The van der Waals surface area contributed by atoms with Crippen LogP contribution in [0.15, 0.2) is 133 Å². The lowest BCUT2D eigenvalue weighted by molar-refractivity contribution is -0.0812. The first-order valence-electron chi connectivity index (χ1n) is 15.5. The number of nitrogens with zero attached hydrogens (tertiary/aromatic N) is 1. The average Bonchev–Trinajstić information content (AvgIpc) is 3.13. The summed E-state index contributed by atoms with van der Waals surface area (Å²) in [6.45, 7) is 0. The van der Waals surface area contributed by atoms with E-state index in [0.717, 1.165) is 5.56 Å². The largest absolute Gasteiger partial charge is 0.497 e. The van der Waals surface area contributed by atoms with Gasteiger partial charge in [0, 0.05) is 17.4 Å². The Morgan fingerprint density at radius 1 is 0.809 bits per heavy atom. The van der Waals surface area contributed by atoms with Crippen molar-refractivity contribution in [1.82, 2.24) is 0 Å². The van der Waals surface area contributed by atoms with Crippen molar-refractivity contribution in [2.75, 3.05) is 14.2 Å². The summed E-state index contributed by atoms with van der Waals surface area (Å²) in [5.41, 5.74) is 0.172. The number of hydrogen-bond acceptors (Lipinski definition) is 5. The molecule has 0 heterocycles. The SMILES string of the molecule is COc1ccc(C2CC(O)(c3ccccc3)C(C(=O)c3ccccc3)C(c3ccc(OC)cc3)C2(C#N)C2=CC(Cl)C(Cl)C=C2)cc1. The lowest BCUT2D eigenvalue weighted by atomic mass is 9.45. The molecule has 0 amide bonds. The summed E-state index contributed by atoms with van der Waals surface area (Å²) in [6.07, 6.45) is 5.58. The molecule has 2 aliphatic carbocycles. The Bertz CT molecular complexity index is 1820. The van der Waals surface area contributed by atoms with Crippen LogP contribution in [0.4, 0.5) is 0 Å². The fraction of sp³-hybridized carbons (Fsp3) is 0.250. The molecule has 1 N–H and O–H groups in total. The highest BCUT2D eigenvalue weighted by molar-refractivity contribution is 6.32. The van der Waals surface area contributed by atoms with Crippen molar-refractivity contribution in [1.29, 1.82) is 5.26 Å². The molecule has 0 spiro atoms. The van der Waals surface area contributed by atoms with E-state index < -0.39 is 39.5 Å². The molecule has 1 fully saturated rings. The maximum atomic E-state index is 15.0. The normalized spacial score (nSPS) is 28.5. The third kappa shape index (κ3) is 5.76. The van der Waals surface area contributed by atoms with Gasteiger partial charge in [0.1, 0.15) is 17.1 Å². The minimum atomic E-state index is -1.68. The van der Waals surface area contributed by atoms with Gasteiger partial charge in [0.2, 0.25) is 0 Å². The summed E-state index contributed by atoms with van der Waals surface area (Å²) in [4.78, 5) is 15.0. The number of alkyl halides is 2. The summed E-state index contributed by atoms with van der Waals surface area (Å²) >= 11 is 13.3. The molecular weight excluding hydrogens is 629 g/mol. The van der Waals surface area contributed by atoms with E-state index in [2.05, 4.69) is 6.07 Å². The highest BCUT2D eigenvalue weighted by atomic mass is 35.5. The van der Waals surface area contributed by atoms with Crippen LogP contribution in [0.25, 0.3) is 0 Å². The van der Waals surface area contributed by atoms with Gasteiger partial charge in [-0.25, -0.2) is 0 Å². The number of nitriles is 1. The number of hydrogen-bond donors (Lipinski definition) is 1. The van der Waals surface area contributed by atoms with Gasteiger partial charge in [-0.1, -0.05) is 103 Å². The summed E-state index contributed by atoms with van der Waals surface area (Å²) in [5, 5.41) is 23.9. The minimum Gasteiger partial charge on any atom is -0.497 e. The number of methoxy groups -OCH3 is 2. The smallest absolute Gasteiger partial charge is 0.169 e. The molecule has 1 saturated carbocycles. The average molecular weight is 665 g/mol. The maximum absolute atomic E-state index is 15.0. The zero-order valence-corrected chi connectivity index (χ0v) is 27.6. The van der Waals surface area contributed by atoms with E-state index in [9.17, 15) is 10.4 Å². The van der Waals surface area contributed by atoms with Crippen LogP contribution in [0.2, 0.25) is 0 Å². The number of rotatable bonds is 8. The number of halogens is 2. The van der Waals surface area contributed by atoms with E-state index in [-0.39, 0.29) is 12.2 Å². The molecule has 47 heavy (non-hydrogen) atoms. The third-order valence-corrected chi connectivity index (χ3v) is 10.7. The Morgan fingerprint density at radius 3 is 1.89 bits per heavy atom. The first-order valence-corrected chi connectivity index (χ1v) is 16.4. The molecular formula is C40H35Cl2NO4. The maximum Gasteiger partial charge on any atom is 0.169 e. The van der Waals surface area contributed by atoms with E-state index in [1.54, 1.807) is 32.4 Å². The topological polar surface area (TPSA) is 79.6 Å². The summed E-state index contributed by atoms with van der Waals surface area (Å²) in [5.74, 6) is -1.48. The molecule has 0 radical (unpaired) electrons. The van der Waals surface area contributed by atoms with Crippen LogP contribution >= 0.6 is 23.2 Å². The Morgan fingerprint density at radius 2 is 1.36 bits per heavy atom. The van der Waals surface area contributed by atoms with Crippen molar-refractivity contribution >= 4 is 29.0 Å². The fourth-order valence-corrected chi connectivity index (χ4v) is 7.87. The molecule has 5 nitrogen and oxygen atoms in total. The van der Waals surface area contributed by atoms with Gasteiger partial charge in [0.25, 0.3) is 0 Å².